The lowest BCUT2D eigenvalue weighted by Crippen LogP contribution is -2.57. The summed E-state index contributed by atoms with van der Waals surface area (Å²) in [5.74, 6) is 0.0130. The van der Waals surface area contributed by atoms with E-state index in [4.69, 9.17) is 10.5 Å². The van der Waals surface area contributed by atoms with Gasteiger partial charge < -0.3 is 15.4 Å². The van der Waals surface area contributed by atoms with Crippen molar-refractivity contribution in [1.29, 1.82) is 0 Å². The van der Waals surface area contributed by atoms with Crippen molar-refractivity contribution in [3.8, 4) is 0 Å². The van der Waals surface area contributed by atoms with Crippen LogP contribution in [-0.4, -0.2) is 36.6 Å². The minimum atomic E-state index is -0.754. The number of aryl methyl sites for hydroxylation is 1. The van der Waals surface area contributed by atoms with Gasteiger partial charge in [0, 0.05) is 26.8 Å². The molecule has 1 aliphatic heterocycles. The number of carbonyl (C=O) groups excluding carboxylic acids is 1. The highest BCUT2D eigenvalue weighted by Crippen LogP contribution is 2.21. The first kappa shape index (κ1) is 14.0. The molecule has 0 unspecified atom stereocenters. The van der Waals surface area contributed by atoms with Crippen LogP contribution >= 0.6 is 0 Å². The largest absolute Gasteiger partial charge is 0.381 e. The summed E-state index contributed by atoms with van der Waals surface area (Å²) in [4.78, 5) is 14.2. The highest BCUT2D eigenvalue weighted by atomic mass is 16.5. The molecular weight excluding hydrogens is 240 g/mol. The van der Waals surface area contributed by atoms with Gasteiger partial charge in [-0.25, -0.2) is 0 Å². The molecule has 19 heavy (non-hydrogen) atoms. The number of hydrogen-bond acceptors (Lipinski definition) is 3. The van der Waals surface area contributed by atoms with Gasteiger partial charge in [0.15, 0.2) is 0 Å². The normalized spacial score (nSPS) is 18.1. The van der Waals surface area contributed by atoms with Crippen LogP contribution in [0.5, 0.6) is 0 Å². The molecule has 0 saturated carbocycles. The van der Waals surface area contributed by atoms with Crippen LogP contribution in [-0.2, 0) is 16.1 Å². The van der Waals surface area contributed by atoms with Gasteiger partial charge in [-0.1, -0.05) is 24.3 Å². The van der Waals surface area contributed by atoms with E-state index in [1.165, 1.54) is 5.56 Å². The van der Waals surface area contributed by atoms with E-state index < -0.39 is 5.54 Å². The molecule has 1 aromatic rings. The summed E-state index contributed by atoms with van der Waals surface area (Å²) < 4.78 is 5.28. The molecule has 4 heteroatoms. The molecular formula is C15H22N2O2. The zero-order chi connectivity index (χ0) is 13.9. The second-order valence-corrected chi connectivity index (χ2v) is 5.36. The first-order valence-corrected chi connectivity index (χ1v) is 6.70. The van der Waals surface area contributed by atoms with Crippen LogP contribution in [0.15, 0.2) is 24.3 Å². The van der Waals surface area contributed by atoms with Gasteiger partial charge in [-0.15, -0.1) is 0 Å². The van der Waals surface area contributed by atoms with Crippen molar-refractivity contribution in [3.05, 3.63) is 35.4 Å². The predicted molar refractivity (Wildman–Crippen MR) is 74.6 cm³/mol. The van der Waals surface area contributed by atoms with E-state index in [1.54, 1.807) is 4.90 Å². The average molecular weight is 262 g/mol. The lowest BCUT2D eigenvalue weighted by atomic mass is 9.89. The number of nitrogens with zero attached hydrogens (tertiary/aromatic N) is 1. The Hall–Kier alpha value is -1.39. The summed E-state index contributed by atoms with van der Waals surface area (Å²) in [6, 6.07) is 8.10. The Morgan fingerprint density at radius 2 is 2.00 bits per heavy atom. The lowest BCUT2D eigenvalue weighted by Gasteiger charge is -2.35. The van der Waals surface area contributed by atoms with Crippen LogP contribution in [0.25, 0.3) is 0 Å². The van der Waals surface area contributed by atoms with E-state index in [9.17, 15) is 4.79 Å². The molecule has 0 radical (unpaired) electrons. The van der Waals surface area contributed by atoms with Crippen molar-refractivity contribution in [2.75, 3.05) is 20.3 Å². The SMILES string of the molecule is Cc1ccccc1CN(C)C(=O)C1(N)CCOCC1. The van der Waals surface area contributed by atoms with Crippen LogP contribution in [0.1, 0.15) is 24.0 Å². The Balaban J connectivity index is 2.05. The minimum Gasteiger partial charge on any atom is -0.381 e. The molecule has 0 atom stereocenters. The van der Waals surface area contributed by atoms with Crippen molar-refractivity contribution in [1.82, 2.24) is 4.90 Å². The van der Waals surface area contributed by atoms with Gasteiger partial charge in [0.2, 0.25) is 5.91 Å². The van der Waals surface area contributed by atoms with E-state index in [0.717, 1.165) is 5.56 Å². The number of nitrogens with two attached hydrogens (primary N) is 1. The molecule has 4 nitrogen and oxygen atoms in total. The highest BCUT2D eigenvalue weighted by molar-refractivity contribution is 5.86. The average Bonchev–Trinajstić information content (AvgIpc) is 2.41. The number of amides is 1. The van der Waals surface area contributed by atoms with E-state index in [-0.39, 0.29) is 5.91 Å². The van der Waals surface area contributed by atoms with Crippen LogP contribution < -0.4 is 5.73 Å². The Bertz CT molecular complexity index is 453. The maximum atomic E-state index is 12.5. The minimum absolute atomic E-state index is 0.0130. The monoisotopic (exact) mass is 262 g/mol. The topological polar surface area (TPSA) is 55.6 Å². The van der Waals surface area contributed by atoms with E-state index in [2.05, 4.69) is 13.0 Å². The van der Waals surface area contributed by atoms with E-state index in [0.29, 0.717) is 32.6 Å². The lowest BCUT2D eigenvalue weighted by molar-refractivity contribution is -0.139. The second kappa shape index (κ2) is 5.72. The molecule has 1 fully saturated rings. The van der Waals surface area contributed by atoms with Gasteiger partial charge in [-0.2, -0.15) is 0 Å². The second-order valence-electron chi connectivity index (χ2n) is 5.36. The number of hydrogen-bond donors (Lipinski definition) is 1. The fourth-order valence-electron chi connectivity index (χ4n) is 2.44. The number of rotatable bonds is 3. The third-order valence-corrected chi connectivity index (χ3v) is 3.83. The van der Waals surface area contributed by atoms with E-state index >= 15 is 0 Å². The molecule has 1 saturated heterocycles. The summed E-state index contributed by atoms with van der Waals surface area (Å²) >= 11 is 0. The molecule has 0 aromatic heterocycles. The van der Waals surface area contributed by atoms with Crippen molar-refractivity contribution in [3.63, 3.8) is 0 Å². The fraction of sp³-hybridized carbons (Fsp3) is 0.533. The predicted octanol–water partition coefficient (Wildman–Crippen LogP) is 1.46. The van der Waals surface area contributed by atoms with Crippen LogP contribution in [0, 0.1) is 6.92 Å². The third kappa shape index (κ3) is 3.14. The number of ether oxygens (including phenoxy) is 1. The number of benzene rings is 1. The maximum Gasteiger partial charge on any atom is 0.242 e. The molecule has 0 bridgehead atoms. The molecule has 1 aliphatic rings. The molecule has 2 rings (SSSR count). The standard InChI is InChI=1S/C15H22N2O2/c1-12-5-3-4-6-13(12)11-17(2)14(18)15(16)7-9-19-10-8-15/h3-6H,7-11,16H2,1-2H3. The molecule has 2 N–H and O–H groups in total. The molecule has 1 aromatic carbocycles. The Morgan fingerprint density at radius 1 is 1.37 bits per heavy atom. The molecule has 0 aliphatic carbocycles. The van der Waals surface area contributed by atoms with Gasteiger partial charge in [-0.05, 0) is 30.9 Å². The maximum absolute atomic E-state index is 12.5. The van der Waals surface area contributed by atoms with Gasteiger partial charge in [0.1, 0.15) is 0 Å². The van der Waals surface area contributed by atoms with Gasteiger partial charge in [0.25, 0.3) is 0 Å². The fourth-order valence-corrected chi connectivity index (χ4v) is 2.44. The van der Waals surface area contributed by atoms with Crippen molar-refractivity contribution in [2.45, 2.75) is 31.8 Å². The van der Waals surface area contributed by atoms with Gasteiger partial charge in [-0.3, -0.25) is 4.79 Å². The molecule has 104 valence electrons. The van der Waals surface area contributed by atoms with Crippen LogP contribution in [0.2, 0.25) is 0 Å². The summed E-state index contributed by atoms with van der Waals surface area (Å²) in [6.07, 6.45) is 1.20. The zero-order valence-electron chi connectivity index (χ0n) is 11.7. The van der Waals surface area contributed by atoms with Crippen LogP contribution in [0.3, 0.4) is 0 Å². The van der Waals surface area contributed by atoms with Gasteiger partial charge >= 0.3 is 0 Å². The van der Waals surface area contributed by atoms with Crippen molar-refractivity contribution < 1.29 is 9.53 Å². The zero-order valence-corrected chi connectivity index (χ0v) is 11.7. The molecule has 1 heterocycles. The molecule has 0 spiro atoms. The van der Waals surface area contributed by atoms with E-state index in [1.807, 2.05) is 25.2 Å². The molecule has 1 amide bonds. The highest BCUT2D eigenvalue weighted by Gasteiger charge is 2.37. The Morgan fingerprint density at radius 3 is 2.63 bits per heavy atom. The quantitative estimate of drug-likeness (QED) is 0.897. The van der Waals surface area contributed by atoms with Gasteiger partial charge in [0.05, 0.1) is 5.54 Å². The summed E-state index contributed by atoms with van der Waals surface area (Å²) in [7, 11) is 1.82. The first-order chi connectivity index (χ1) is 9.03. The Labute approximate surface area is 114 Å². The summed E-state index contributed by atoms with van der Waals surface area (Å²) in [6.45, 7) is 3.80. The Kier molecular flexibility index (Phi) is 4.22. The summed E-state index contributed by atoms with van der Waals surface area (Å²) in [5.41, 5.74) is 7.83. The first-order valence-electron chi connectivity index (χ1n) is 6.70. The third-order valence-electron chi connectivity index (χ3n) is 3.83. The summed E-state index contributed by atoms with van der Waals surface area (Å²) in [5, 5.41) is 0. The van der Waals surface area contributed by atoms with Crippen molar-refractivity contribution >= 4 is 5.91 Å². The number of carbonyl (C=O) groups is 1. The number of likely N-dealkylation sites (N-methyl/N-ethyl adjacent to an activating group) is 1. The smallest absolute Gasteiger partial charge is 0.242 e. The van der Waals surface area contributed by atoms with Crippen molar-refractivity contribution in [2.24, 2.45) is 5.73 Å². The van der Waals surface area contributed by atoms with Crippen LogP contribution in [0.4, 0.5) is 0 Å².